The molecule has 0 saturated carbocycles. The van der Waals surface area contributed by atoms with Gasteiger partial charge in [-0.15, -0.1) is 0 Å². The van der Waals surface area contributed by atoms with Crippen LogP contribution in [0.4, 0.5) is 4.79 Å². The minimum absolute atomic E-state index is 0.0605. The fraction of sp³-hybridized carbons (Fsp3) is 0.857. The number of aliphatic hydroxyl groups excluding tert-OH is 1. The lowest BCUT2D eigenvalue weighted by molar-refractivity contribution is -0.166. The highest BCUT2D eigenvalue weighted by Crippen LogP contribution is 2.24. The van der Waals surface area contributed by atoms with Crippen molar-refractivity contribution in [2.75, 3.05) is 13.2 Å². The molecule has 1 aliphatic rings. The number of hydrogen-bond donors (Lipinski definition) is 2. The first-order valence-electron chi connectivity index (χ1n) is 6.86. The van der Waals surface area contributed by atoms with Crippen molar-refractivity contribution in [3.63, 3.8) is 0 Å². The van der Waals surface area contributed by atoms with Crippen LogP contribution < -0.4 is 5.32 Å². The standard InChI is InChI=1S/C14H25NO6/c1-12(2,3)20-10(17)14(8-19-7-9(14)16)15-11(18)21-13(4,5)6/h9,16H,7-8H2,1-6H3,(H,15,18). The number of aliphatic hydroxyl groups is 1. The van der Waals surface area contributed by atoms with Crippen LogP contribution in [-0.2, 0) is 19.0 Å². The summed E-state index contributed by atoms with van der Waals surface area (Å²) >= 11 is 0. The minimum Gasteiger partial charge on any atom is -0.458 e. The maximum atomic E-state index is 12.4. The van der Waals surface area contributed by atoms with Crippen molar-refractivity contribution in [1.29, 1.82) is 0 Å². The molecule has 0 radical (unpaired) electrons. The van der Waals surface area contributed by atoms with Crippen LogP contribution in [0.15, 0.2) is 0 Å². The van der Waals surface area contributed by atoms with Gasteiger partial charge in [0, 0.05) is 0 Å². The molecule has 2 atom stereocenters. The molecule has 1 aliphatic heterocycles. The highest BCUT2D eigenvalue weighted by Gasteiger charge is 2.54. The molecule has 1 fully saturated rings. The first kappa shape index (κ1) is 17.7. The zero-order valence-electron chi connectivity index (χ0n) is 13.5. The SMILES string of the molecule is CC(C)(C)OC(=O)NC1(C(=O)OC(C)(C)C)COCC1O. The van der Waals surface area contributed by atoms with Crippen LogP contribution in [0.3, 0.4) is 0 Å². The van der Waals surface area contributed by atoms with Crippen molar-refractivity contribution in [1.82, 2.24) is 5.32 Å². The summed E-state index contributed by atoms with van der Waals surface area (Å²) in [5.41, 5.74) is -3.11. The van der Waals surface area contributed by atoms with E-state index in [-0.39, 0.29) is 13.2 Å². The number of carbonyl (C=O) groups is 2. The summed E-state index contributed by atoms with van der Waals surface area (Å²) in [4.78, 5) is 24.3. The summed E-state index contributed by atoms with van der Waals surface area (Å²) in [7, 11) is 0. The Balaban J connectivity index is 2.90. The molecule has 0 aromatic heterocycles. The summed E-state index contributed by atoms with van der Waals surface area (Å²) < 4.78 is 15.5. The van der Waals surface area contributed by atoms with Crippen molar-refractivity contribution < 1.29 is 28.9 Å². The zero-order chi connectivity index (χ0) is 16.5. The molecule has 0 bridgehead atoms. The van der Waals surface area contributed by atoms with Gasteiger partial charge < -0.3 is 24.6 Å². The smallest absolute Gasteiger partial charge is 0.408 e. The van der Waals surface area contributed by atoms with Gasteiger partial charge in [0.1, 0.15) is 17.3 Å². The molecule has 0 spiro atoms. The van der Waals surface area contributed by atoms with E-state index in [1.54, 1.807) is 41.5 Å². The lowest BCUT2D eigenvalue weighted by Crippen LogP contribution is -2.63. The maximum Gasteiger partial charge on any atom is 0.408 e. The monoisotopic (exact) mass is 303 g/mol. The van der Waals surface area contributed by atoms with Crippen molar-refractivity contribution >= 4 is 12.1 Å². The Labute approximate surface area is 124 Å². The van der Waals surface area contributed by atoms with E-state index in [2.05, 4.69) is 5.32 Å². The van der Waals surface area contributed by atoms with Gasteiger partial charge in [0.05, 0.1) is 13.2 Å². The Hall–Kier alpha value is -1.34. The van der Waals surface area contributed by atoms with E-state index in [9.17, 15) is 14.7 Å². The van der Waals surface area contributed by atoms with Crippen LogP contribution >= 0.6 is 0 Å². The second-order valence-corrected chi connectivity index (χ2v) is 7.13. The van der Waals surface area contributed by atoms with Crippen LogP contribution in [0, 0.1) is 0 Å². The van der Waals surface area contributed by atoms with E-state index < -0.39 is 34.9 Å². The first-order chi connectivity index (χ1) is 9.36. The lowest BCUT2D eigenvalue weighted by Gasteiger charge is -2.33. The summed E-state index contributed by atoms with van der Waals surface area (Å²) in [5.74, 6) is -0.745. The van der Waals surface area contributed by atoms with Crippen molar-refractivity contribution in [3.8, 4) is 0 Å². The molecular weight excluding hydrogens is 278 g/mol. The topological polar surface area (TPSA) is 94.1 Å². The Kier molecular flexibility index (Phi) is 4.90. The molecule has 0 aromatic rings. The Bertz CT molecular complexity index is 409. The van der Waals surface area contributed by atoms with Gasteiger partial charge in [-0.3, -0.25) is 0 Å². The maximum absolute atomic E-state index is 12.4. The van der Waals surface area contributed by atoms with Gasteiger partial charge in [0.2, 0.25) is 0 Å². The Morgan fingerprint density at radius 2 is 1.67 bits per heavy atom. The third-order valence-corrected chi connectivity index (χ3v) is 2.66. The van der Waals surface area contributed by atoms with E-state index in [0.717, 1.165) is 0 Å². The van der Waals surface area contributed by atoms with Crippen LogP contribution in [0.1, 0.15) is 41.5 Å². The highest BCUT2D eigenvalue weighted by atomic mass is 16.6. The number of hydrogen-bond acceptors (Lipinski definition) is 6. The van der Waals surface area contributed by atoms with Gasteiger partial charge in [-0.2, -0.15) is 0 Å². The van der Waals surface area contributed by atoms with Crippen LogP contribution in [0.2, 0.25) is 0 Å². The summed E-state index contributed by atoms with van der Waals surface area (Å²) in [6.45, 7) is 9.99. The average Bonchev–Trinajstić information content (AvgIpc) is 2.55. The molecule has 7 nitrogen and oxygen atoms in total. The van der Waals surface area contributed by atoms with Crippen LogP contribution in [0.25, 0.3) is 0 Å². The third-order valence-electron chi connectivity index (χ3n) is 2.66. The van der Waals surface area contributed by atoms with E-state index in [4.69, 9.17) is 14.2 Å². The predicted molar refractivity (Wildman–Crippen MR) is 74.8 cm³/mol. The van der Waals surface area contributed by atoms with Gasteiger partial charge in [-0.1, -0.05) is 0 Å². The summed E-state index contributed by atoms with van der Waals surface area (Å²) in [5, 5.41) is 12.5. The quantitative estimate of drug-likeness (QED) is 0.739. The minimum atomic E-state index is -1.64. The lowest BCUT2D eigenvalue weighted by atomic mass is 9.95. The number of ether oxygens (including phenoxy) is 3. The Morgan fingerprint density at radius 1 is 1.14 bits per heavy atom. The average molecular weight is 303 g/mol. The number of alkyl carbamates (subject to hydrolysis) is 1. The molecule has 2 N–H and O–H groups in total. The fourth-order valence-corrected chi connectivity index (χ4v) is 1.79. The highest BCUT2D eigenvalue weighted by molar-refractivity contribution is 5.87. The first-order valence-corrected chi connectivity index (χ1v) is 6.86. The molecule has 0 aromatic carbocycles. The van der Waals surface area contributed by atoms with Crippen molar-refractivity contribution in [2.45, 2.75) is 64.4 Å². The van der Waals surface area contributed by atoms with Crippen LogP contribution in [0.5, 0.6) is 0 Å². The van der Waals surface area contributed by atoms with E-state index in [1.165, 1.54) is 0 Å². The number of nitrogens with one attached hydrogen (secondary N) is 1. The molecule has 21 heavy (non-hydrogen) atoms. The van der Waals surface area contributed by atoms with Crippen LogP contribution in [-0.4, -0.2) is 53.2 Å². The van der Waals surface area contributed by atoms with E-state index in [1.807, 2.05) is 0 Å². The van der Waals surface area contributed by atoms with Crippen molar-refractivity contribution in [2.24, 2.45) is 0 Å². The number of carbonyl (C=O) groups excluding carboxylic acids is 2. The van der Waals surface area contributed by atoms with Gasteiger partial charge in [0.25, 0.3) is 0 Å². The molecule has 122 valence electrons. The molecule has 7 heteroatoms. The molecule has 0 aliphatic carbocycles. The van der Waals surface area contributed by atoms with E-state index >= 15 is 0 Å². The molecule has 1 heterocycles. The van der Waals surface area contributed by atoms with E-state index in [0.29, 0.717) is 0 Å². The third kappa shape index (κ3) is 4.86. The molecule has 1 saturated heterocycles. The summed E-state index contributed by atoms with van der Waals surface area (Å²) in [6.07, 6.45) is -2.00. The second-order valence-electron chi connectivity index (χ2n) is 7.13. The van der Waals surface area contributed by atoms with Gasteiger partial charge >= 0.3 is 12.1 Å². The van der Waals surface area contributed by atoms with Gasteiger partial charge in [-0.25, -0.2) is 9.59 Å². The number of amides is 1. The Morgan fingerprint density at radius 3 is 2.05 bits per heavy atom. The molecule has 1 amide bonds. The molecule has 2 unspecified atom stereocenters. The normalized spacial score (nSPS) is 26.3. The predicted octanol–water partition coefficient (Wildman–Crippen LogP) is 0.983. The fourth-order valence-electron chi connectivity index (χ4n) is 1.79. The largest absolute Gasteiger partial charge is 0.458 e. The summed E-state index contributed by atoms with van der Waals surface area (Å²) in [6, 6.07) is 0. The number of esters is 1. The molecule has 1 rings (SSSR count). The zero-order valence-corrected chi connectivity index (χ0v) is 13.5. The number of rotatable bonds is 2. The molecular formula is C14H25NO6. The second kappa shape index (κ2) is 5.81. The van der Waals surface area contributed by atoms with Gasteiger partial charge in [0.15, 0.2) is 5.54 Å². The van der Waals surface area contributed by atoms with Crippen molar-refractivity contribution in [3.05, 3.63) is 0 Å². The van der Waals surface area contributed by atoms with Gasteiger partial charge in [-0.05, 0) is 41.5 Å².